The maximum atomic E-state index is 12.6. The van der Waals surface area contributed by atoms with Crippen molar-refractivity contribution in [3.8, 4) is 11.5 Å². The van der Waals surface area contributed by atoms with E-state index in [-0.39, 0.29) is 16.8 Å². The van der Waals surface area contributed by atoms with E-state index in [2.05, 4.69) is 5.32 Å². The molecule has 1 amide bonds. The Labute approximate surface area is 170 Å². The van der Waals surface area contributed by atoms with Crippen LogP contribution >= 0.6 is 0 Å². The molecule has 0 saturated carbocycles. The van der Waals surface area contributed by atoms with E-state index in [0.29, 0.717) is 43.4 Å². The molecule has 2 aliphatic heterocycles. The Hall–Kier alpha value is -2.58. The van der Waals surface area contributed by atoms with E-state index < -0.39 is 10.0 Å². The molecular formula is C21H24N2O5S. The van der Waals surface area contributed by atoms with Crippen LogP contribution in [0.4, 0.5) is 0 Å². The van der Waals surface area contributed by atoms with Crippen LogP contribution in [0.15, 0.2) is 47.4 Å². The van der Waals surface area contributed by atoms with Crippen LogP contribution in [0.25, 0.3) is 0 Å². The van der Waals surface area contributed by atoms with Crippen molar-refractivity contribution in [2.45, 2.75) is 30.7 Å². The number of nitrogens with zero attached hydrogens (tertiary/aromatic N) is 1. The molecule has 7 nitrogen and oxygen atoms in total. The molecule has 0 spiro atoms. The molecule has 2 aromatic carbocycles. The van der Waals surface area contributed by atoms with Gasteiger partial charge in [0.1, 0.15) is 13.2 Å². The lowest BCUT2D eigenvalue weighted by atomic mass is 10.1. The van der Waals surface area contributed by atoms with Crippen molar-refractivity contribution >= 4 is 15.9 Å². The quantitative estimate of drug-likeness (QED) is 0.810. The number of amides is 1. The molecule has 8 heteroatoms. The van der Waals surface area contributed by atoms with Crippen molar-refractivity contribution in [3.63, 3.8) is 0 Å². The summed E-state index contributed by atoms with van der Waals surface area (Å²) in [5, 5.41) is 2.94. The summed E-state index contributed by atoms with van der Waals surface area (Å²) in [6.07, 6.45) is 1.77. The Bertz CT molecular complexity index is 998. The second-order valence-corrected chi connectivity index (χ2v) is 9.17. The topological polar surface area (TPSA) is 84.9 Å². The highest BCUT2D eigenvalue weighted by molar-refractivity contribution is 7.89. The summed E-state index contributed by atoms with van der Waals surface area (Å²) in [6.45, 7) is 4.02. The molecule has 0 aromatic heterocycles. The van der Waals surface area contributed by atoms with Gasteiger partial charge in [0.05, 0.1) is 10.9 Å². The summed E-state index contributed by atoms with van der Waals surface area (Å²) >= 11 is 0. The Kier molecular flexibility index (Phi) is 5.47. The van der Waals surface area contributed by atoms with Crippen molar-refractivity contribution < 1.29 is 22.7 Å². The maximum absolute atomic E-state index is 12.6. The third-order valence-electron chi connectivity index (χ3n) is 5.23. The van der Waals surface area contributed by atoms with Crippen LogP contribution < -0.4 is 14.8 Å². The minimum absolute atomic E-state index is 0.218. The van der Waals surface area contributed by atoms with Crippen molar-refractivity contribution in [3.05, 3.63) is 53.6 Å². The fraction of sp³-hybridized carbons (Fsp3) is 0.381. The lowest BCUT2D eigenvalue weighted by Gasteiger charge is -2.21. The zero-order valence-electron chi connectivity index (χ0n) is 16.3. The van der Waals surface area contributed by atoms with Crippen molar-refractivity contribution in [1.82, 2.24) is 9.62 Å². The number of fused-ring (bicyclic) bond motifs is 1. The SMILES string of the molecule is C[C@H](NC(=O)c1ccc(S(=O)(=O)N2CCCC2)cc1)c1ccc2c(c1)OCCO2. The third kappa shape index (κ3) is 4.09. The first-order valence-electron chi connectivity index (χ1n) is 9.76. The molecular weight excluding hydrogens is 392 g/mol. The highest BCUT2D eigenvalue weighted by Gasteiger charge is 2.27. The van der Waals surface area contributed by atoms with Crippen LogP contribution in [0.1, 0.15) is 41.7 Å². The first-order valence-corrected chi connectivity index (χ1v) is 11.2. The lowest BCUT2D eigenvalue weighted by molar-refractivity contribution is 0.0939. The molecule has 2 aliphatic rings. The monoisotopic (exact) mass is 416 g/mol. The lowest BCUT2D eigenvalue weighted by Crippen LogP contribution is -2.28. The number of rotatable bonds is 5. The molecule has 0 aliphatic carbocycles. The number of sulfonamides is 1. The molecule has 0 unspecified atom stereocenters. The van der Waals surface area contributed by atoms with E-state index in [1.807, 2.05) is 25.1 Å². The number of benzene rings is 2. The molecule has 1 atom stereocenters. The van der Waals surface area contributed by atoms with Gasteiger partial charge in [0.25, 0.3) is 5.91 Å². The van der Waals surface area contributed by atoms with Crippen LogP contribution in [0.3, 0.4) is 0 Å². The van der Waals surface area contributed by atoms with Crippen LogP contribution in [0.5, 0.6) is 11.5 Å². The van der Waals surface area contributed by atoms with E-state index >= 15 is 0 Å². The van der Waals surface area contributed by atoms with Gasteiger partial charge in [-0.3, -0.25) is 4.79 Å². The van der Waals surface area contributed by atoms with E-state index in [0.717, 1.165) is 18.4 Å². The van der Waals surface area contributed by atoms with Gasteiger partial charge in [-0.05, 0) is 61.7 Å². The molecule has 2 aromatic rings. The van der Waals surface area contributed by atoms with E-state index in [9.17, 15) is 13.2 Å². The summed E-state index contributed by atoms with van der Waals surface area (Å²) in [5.41, 5.74) is 1.31. The van der Waals surface area contributed by atoms with E-state index in [4.69, 9.17) is 9.47 Å². The molecule has 154 valence electrons. The number of carbonyl (C=O) groups is 1. The van der Waals surface area contributed by atoms with Crippen LogP contribution in [-0.2, 0) is 10.0 Å². The fourth-order valence-electron chi connectivity index (χ4n) is 3.55. The molecule has 1 N–H and O–H groups in total. The number of hydrogen-bond acceptors (Lipinski definition) is 5. The molecule has 4 rings (SSSR count). The Morgan fingerprint density at radius 1 is 1.00 bits per heavy atom. The number of nitrogens with one attached hydrogen (secondary N) is 1. The normalized spacial score (nSPS) is 17.7. The molecule has 0 radical (unpaired) electrons. The first kappa shape index (κ1) is 19.7. The Morgan fingerprint density at radius 2 is 1.66 bits per heavy atom. The van der Waals surface area contributed by atoms with Gasteiger partial charge in [-0.1, -0.05) is 6.07 Å². The Morgan fingerprint density at radius 3 is 2.34 bits per heavy atom. The van der Waals surface area contributed by atoms with Crippen LogP contribution in [0, 0.1) is 0 Å². The van der Waals surface area contributed by atoms with Gasteiger partial charge in [0.15, 0.2) is 11.5 Å². The van der Waals surface area contributed by atoms with E-state index in [1.54, 1.807) is 12.1 Å². The highest BCUT2D eigenvalue weighted by Crippen LogP contribution is 2.32. The highest BCUT2D eigenvalue weighted by atomic mass is 32.2. The Balaban J connectivity index is 1.44. The van der Waals surface area contributed by atoms with Crippen molar-refractivity contribution in [1.29, 1.82) is 0 Å². The summed E-state index contributed by atoms with van der Waals surface area (Å²) in [6, 6.07) is 11.4. The predicted molar refractivity (Wildman–Crippen MR) is 108 cm³/mol. The summed E-state index contributed by atoms with van der Waals surface area (Å²) < 4.78 is 37.8. The molecule has 1 saturated heterocycles. The van der Waals surface area contributed by atoms with Gasteiger partial charge in [-0.15, -0.1) is 0 Å². The van der Waals surface area contributed by atoms with Crippen LogP contribution in [0.2, 0.25) is 0 Å². The van der Waals surface area contributed by atoms with Gasteiger partial charge in [-0.25, -0.2) is 8.42 Å². The standard InChI is InChI=1S/C21H24N2O5S/c1-15(17-6-9-19-20(14-17)28-13-12-27-19)22-21(24)16-4-7-18(8-5-16)29(25,26)23-10-2-3-11-23/h4-9,14-15H,2-3,10-13H2,1H3,(H,22,24)/t15-/m0/s1. The third-order valence-corrected chi connectivity index (χ3v) is 7.15. The largest absolute Gasteiger partial charge is 0.486 e. The number of carbonyl (C=O) groups excluding carboxylic acids is 1. The molecule has 2 heterocycles. The van der Waals surface area contributed by atoms with Crippen molar-refractivity contribution in [2.75, 3.05) is 26.3 Å². The number of ether oxygens (including phenoxy) is 2. The van der Waals surface area contributed by atoms with Gasteiger partial charge < -0.3 is 14.8 Å². The predicted octanol–water partition coefficient (Wildman–Crippen LogP) is 2.73. The molecule has 1 fully saturated rings. The average Bonchev–Trinajstić information content (AvgIpc) is 3.29. The molecule has 0 bridgehead atoms. The zero-order chi connectivity index (χ0) is 20.4. The summed E-state index contributed by atoms with van der Waals surface area (Å²) in [7, 11) is -3.48. The zero-order valence-corrected chi connectivity index (χ0v) is 17.1. The first-order chi connectivity index (χ1) is 13.9. The van der Waals surface area contributed by atoms with Crippen LogP contribution in [-0.4, -0.2) is 44.9 Å². The summed E-state index contributed by atoms with van der Waals surface area (Å²) in [4.78, 5) is 12.8. The molecule has 29 heavy (non-hydrogen) atoms. The second kappa shape index (κ2) is 8.04. The van der Waals surface area contributed by atoms with E-state index in [1.165, 1.54) is 16.4 Å². The van der Waals surface area contributed by atoms with Gasteiger partial charge >= 0.3 is 0 Å². The average molecular weight is 416 g/mol. The maximum Gasteiger partial charge on any atom is 0.251 e. The smallest absolute Gasteiger partial charge is 0.251 e. The van der Waals surface area contributed by atoms with Crippen molar-refractivity contribution in [2.24, 2.45) is 0 Å². The van der Waals surface area contributed by atoms with Gasteiger partial charge in [0.2, 0.25) is 10.0 Å². The minimum Gasteiger partial charge on any atom is -0.486 e. The second-order valence-electron chi connectivity index (χ2n) is 7.23. The summed E-state index contributed by atoms with van der Waals surface area (Å²) in [5.74, 6) is 1.11. The number of hydrogen-bond donors (Lipinski definition) is 1. The van der Waals surface area contributed by atoms with Gasteiger partial charge in [0, 0.05) is 18.7 Å². The fourth-order valence-corrected chi connectivity index (χ4v) is 5.07. The minimum atomic E-state index is -3.48. The van der Waals surface area contributed by atoms with Gasteiger partial charge in [-0.2, -0.15) is 4.31 Å².